The molecule has 0 bridgehead atoms. The second-order valence-corrected chi connectivity index (χ2v) is 10.9. The first-order valence-electron chi connectivity index (χ1n) is 13.3. The van der Waals surface area contributed by atoms with Gasteiger partial charge in [-0.1, -0.05) is 13.8 Å². The van der Waals surface area contributed by atoms with Crippen LogP contribution < -0.4 is 44.2 Å². The molecule has 0 saturated carbocycles. The van der Waals surface area contributed by atoms with Crippen molar-refractivity contribution in [3.63, 3.8) is 0 Å². The number of carbonyl (C=O) groups excluding carboxylic acids is 5. The molecule has 0 aliphatic heterocycles. The molecule has 5 amide bonds. The zero-order chi connectivity index (χ0) is 32.4. The van der Waals surface area contributed by atoms with Crippen molar-refractivity contribution in [3.05, 3.63) is 0 Å². The first-order valence-corrected chi connectivity index (χ1v) is 14.7. The van der Waals surface area contributed by atoms with E-state index in [1.54, 1.807) is 13.8 Å². The fourth-order valence-corrected chi connectivity index (χ4v) is 4.03. The van der Waals surface area contributed by atoms with E-state index < -0.39 is 78.7 Å². The normalized spacial score (nSPS) is 14.4. The third kappa shape index (κ3) is 16.0. The highest BCUT2D eigenvalue weighted by atomic mass is 32.2. The Morgan fingerprint density at radius 2 is 1.33 bits per heavy atom. The minimum Gasteiger partial charge on any atom is -0.480 e. The van der Waals surface area contributed by atoms with Crippen LogP contribution in [0.1, 0.15) is 46.0 Å². The molecule has 240 valence electrons. The number of carbonyl (C=O) groups is 6. The van der Waals surface area contributed by atoms with Gasteiger partial charge in [0.15, 0.2) is 5.96 Å². The summed E-state index contributed by atoms with van der Waals surface area (Å²) in [5, 5.41) is 28.6. The number of hydrogen-bond donors (Lipinski definition) is 10. The van der Waals surface area contributed by atoms with Crippen LogP contribution in [0.2, 0.25) is 0 Å². The lowest BCUT2D eigenvalue weighted by Gasteiger charge is -2.26. The van der Waals surface area contributed by atoms with Crippen LogP contribution in [0.3, 0.4) is 0 Å². The van der Waals surface area contributed by atoms with Crippen molar-refractivity contribution < 1.29 is 39.0 Å². The maximum absolute atomic E-state index is 13.2. The molecule has 0 spiro atoms. The maximum atomic E-state index is 13.2. The Bertz CT molecular complexity index is 962. The van der Waals surface area contributed by atoms with E-state index in [2.05, 4.69) is 26.3 Å². The number of nitrogens with zero attached hydrogens (tertiary/aromatic N) is 1. The van der Waals surface area contributed by atoms with E-state index in [9.17, 15) is 39.0 Å². The average Bonchev–Trinajstić information content (AvgIpc) is 2.89. The van der Waals surface area contributed by atoms with Crippen LogP contribution in [0, 0.1) is 5.92 Å². The predicted octanol–water partition coefficient (Wildman–Crippen LogP) is -3.94. The summed E-state index contributed by atoms with van der Waals surface area (Å²) < 4.78 is 0. The number of thioether (sulfide) groups is 1. The summed E-state index contributed by atoms with van der Waals surface area (Å²) in [6.07, 6.45) is 1.74. The molecule has 0 unspecified atom stereocenters. The third-order valence-electron chi connectivity index (χ3n) is 5.72. The first-order chi connectivity index (χ1) is 19.6. The molecule has 17 nitrogen and oxygen atoms in total. The predicted molar refractivity (Wildman–Crippen MR) is 157 cm³/mol. The zero-order valence-electron chi connectivity index (χ0n) is 24.1. The van der Waals surface area contributed by atoms with Gasteiger partial charge in [-0.25, -0.2) is 4.79 Å². The Balaban J connectivity index is 5.64. The smallest absolute Gasteiger partial charge is 0.326 e. The molecule has 0 rings (SSSR count). The number of amides is 5. The number of primary amides is 1. The van der Waals surface area contributed by atoms with Gasteiger partial charge >= 0.3 is 5.97 Å². The van der Waals surface area contributed by atoms with Crippen molar-refractivity contribution >= 4 is 53.2 Å². The zero-order valence-corrected chi connectivity index (χ0v) is 24.9. The SMILES string of the molecule is CSCC[C@H](N)C(=O)N[C@@H](CO)C(=O)N[C@@H](CC(C)C)C(=O)N[C@@H](CC(N)=O)C(=O)N[C@@H](CCCN=C(N)N)C(=O)O. The van der Waals surface area contributed by atoms with Gasteiger partial charge in [-0.3, -0.25) is 29.0 Å². The summed E-state index contributed by atoms with van der Waals surface area (Å²) in [6, 6.07) is -6.54. The van der Waals surface area contributed by atoms with Crippen LogP contribution in [0.4, 0.5) is 0 Å². The van der Waals surface area contributed by atoms with Crippen molar-refractivity contribution in [3.8, 4) is 0 Å². The van der Waals surface area contributed by atoms with Crippen molar-refractivity contribution in [2.75, 3.05) is 25.2 Å². The number of guanidine groups is 1. The van der Waals surface area contributed by atoms with Gasteiger partial charge in [-0.05, 0) is 43.6 Å². The standard InChI is InChI=1S/C24H45N9O8S/c1-12(2)9-15(31-22(39)17(11-34)33-19(36)13(25)6-8-42-3)20(37)32-16(10-18(26)35)21(38)30-14(23(40)41)5-4-7-29-24(27)28/h12-17,34H,4-11,25H2,1-3H3,(H2,26,35)(H,30,38)(H,31,39)(H,32,37)(H,33,36)(H,40,41)(H4,27,28,29)/t13-,14-,15-,16-,17-/m0/s1. The molecular weight excluding hydrogens is 574 g/mol. The van der Waals surface area contributed by atoms with E-state index in [1.165, 1.54) is 11.8 Å². The van der Waals surface area contributed by atoms with E-state index in [4.69, 9.17) is 22.9 Å². The highest BCUT2D eigenvalue weighted by Gasteiger charge is 2.32. The van der Waals surface area contributed by atoms with Crippen LogP contribution in [0.5, 0.6) is 0 Å². The maximum Gasteiger partial charge on any atom is 0.326 e. The van der Waals surface area contributed by atoms with E-state index in [1.807, 2.05) is 6.26 Å². The summed E-state index contributed by atoms with van der Waals surface area (Å²) in [5.74, 6) is -5.46. The monoisotopic (exact) mass is 619 g/mol. The van der Waals surface area contributed by atoms with Crippen molar-refractivity contribution in [2.24, 2.45) is 33.8 Å². The molecule has 0 aromatic carbocycles. The summed E-state index contributed by atoms with van der Waals surface area (Å²) in [6.45, 7) is 2.85. The van der Waals surface area contributed by atoms with Gasteiger partial charge in [0.2, 0.25) is 29.5 Å². The number of nitrogens with two attached hydrogens (primary N) is 4. The molecule has 18 heteroatoms. The lowest BCUT2D eigenvalue weighted by atomic mass is 10.0. The number of aliphatic hydroxyl groups excluding tert-OH is 1. The second kappa shape index (κ2) is 20.3. The number of nitrogens with one attached hydrogen (secondary N) is 4. The van der Waals surface area contributed by atoms with Crippen molar-refractivity contribution in [1.29, 1.82) is 0 Å². The molecular formula is C24H45N9O8S. The Morgan fingerprint density at radius 3 is 1.83 bits per heavy atom. The Hall–Kier alpha value is -3.64. The first kappa shape index (κ1) is 38.4. The van der Waals surface area contributed by atoms with Crippen LogP contribution in [-0.4, -0.2) is 107 Å². The number of hydrogen-bond acceptors (Lipinski definition) is 10. The molecule has 0 aromatic heterocycles. The van der Waals surface area contributed by atoms with Crippen LogP contribution in [0.25, 0.3) is 0 Å². The Morgan fingerprint density at radius 1 is 0.810 bits per heavy atom. The highest BCUT2D eigenvalue weighted by molar-refractivity contribution is 7.98. The number of carboxylic acids is 1. The molecule has 0 radical (unpaired) electrons. The fraction of sp³-hybridized carbons (Fsp3) is 0.708. The molecule has 0 aliphatic rings. The minimum absolute atomic E-state index is 0.0592. The number of carboxylic acid groups (broad SMARTS) is 1. The topological polar surface area (TPSA) is 307 Å². The van der Waals surface area contributed by atoms with Crippen molar-refractivity contribution in [2.45, 2.75) is 76.2 Å². The lowest BCUT2D eigenvalue weighted by Crippen LogP contribution is -2.59. The number of rotatable bonds is 21. The number of aliphatic hydroxyl groups is 1. The van der Waals surface area contributed by atoms with E-state index in [-0.39, 0.29) is 37.7 Å². The molecule has 0 aromatic rings. The van der Waals surface area contributed by atoms with Crippen LogP contribution in [-0.2, 0) is 28.8 Å². The third-order valence-corrected chi connectivity index (χ3v) is 6.37. The van der Waals surface area contributed by atoms with Crippen molar-refractivity contribution in [1.82, 2.24) is 21.3 Å². The van der Waals surface area contributed by atoms with E-state index in [0.29, 0.717) is 12.2 Å². The van der Waals surface area contributed by atoms with Crippen LogP contribution in [0.15, 0.2) is 4.99 Å². The van der Waals surface area contributed by atoms with E-state index >= 15 is 0 Å². The van der Waals surface area contributed by atoms with Crippen LogP contribution >= 0.6 is 11.8 Å². The lowest BCUT2D eigenvalue weighted by molar-refractivity contribution is -0.142. The Kier molecular flexibility index (Phi) is 18.5. The average molecular weight is 620 g/mol. The molecule has 0 saturated heterocycles. The summed E-state index contributed by atoms with van der Waals surface area (Å²) in [7, 11) is 0. The van der Waals surface area contributed by atoms with Gasteiger partial charge in [0.1, 0.15) is 24.2 Å². The largest absolute Gasteiger partial charge is 0.480 e. The summed E-state index contributed by atoms with van der Waals surface area (Å²) >= 11 is 1.48. The molecule has 0 fully saturated rings. The van der Waals surface area contributed by atoms with Gasteiger partial charge in [0.05, 0.1) is 19.1 Å². The summed E-state index contributed by atoms with van der Waals surface area (Å²) in [4.78, 5) is 78.3. The molecule has 0 heterocycles. The Labute approximate surface area is 248 Å². The molecule has 5 atom stereocenters. The number of aliphatic carboxylic acids is 1. The molecule has 42 heavy (non-hydrogen) atoms. The number of aliphatic imine (C=N–C) groups is 1. The van der Waals surface area contributed by atoms with Gasteiger partial charge in [-0.15, -0.1) is 0 Å². The van der Waals surface area contributed by atoms with Gasteiger partial charge in [0.25, 0.3) is 0 Å². The van der Waals surface area contributed by atoms with Gasteiger partial charge < -0.3 is 54.4 Å². The molecule has 14 N–H and O–H groups in total. The second-order valence-electron chi connectivity index (χ2n) is 9.90. The summed E-state index contributed by atoms with van der Waals surface area (Å²) in [5.41, 5.74) is 21.5. The van der Waals surface area contributed by atoms with Gasteiger partial charge in [0, 0.05) is 6.54 Å². The highest BCUT2D eigenvalue weighted by Crippen LogP contribution is 2.08. The molecule has 0 aliphatic carbocycles. The van der Waals surface area contributed by atoms with Gasteiger partial charge in [-0.2, -0.15) is 11.8 Å². The minimum atomic E-state index is -1.57. The quantitative estimate of drug-likeness (QED) is 0.0334. The fourth-order valence-electron chi connectivity index (χ4n) is 3.54. The van der Waals surface area contributed by atoms with E-state index in [0.717, 1.165) is 0 Å².